The Labute approximate surface area is 208 Å². The number of furan rings is 1. The third kappa shape index (κ3) is 5.90. The molecular weight excluding hydrogens is 464 g/mol. The minimum atomic E-state index is -0.476. The Morgan fingerprint density at radius 3 is 2.57 bits per heavy atom. The lowest BCUT2D eigenvalue weighted by Gasteiger charge is -2.21. The van der Waals surface area contributed by atoms with Gasteiger partial charge in [0.25, 0.3) is 5.69 Å². The molecule has 0 radical (unpaired) electrons. The highest BCUT2D eigenvalue weighted by atomic mass is 32.2. The van der Waals surface area contributed by atoms with Crippen LogP contribution in [-0.4, -0.2) is 28.3 Å². The topological polar surface area (TPSA) is 85.8 Å². The zero-order valence-electron chi connectivity index (χ0n) is 19.6. The maximum Gasteiger partial charge on any atom is 0.374 e. The van der Waals surface area contributed by atoms with Gasteiger partial charge in [-0.25, -0.2) is 9.10 Å². The number of para-hydroxylation sites is 1. The lowest BCUT2D eigenvalue weighted by molar-refractivity contribution is -0.385. The van der Waals surface area contributed by atoms with Gasteiger partial charge < -0.3 is 9.15 Å². The van der Waals surface area contributed by atoms with Gasteiger partial charge in [0.15, 0.2) is 0 Å². The molecule has 4 rings (SSSR count). The number of aryl methyl sites for hydroxylation is 1. The molecule has 0 bridgehead atoms. The van der Waals surface area contributed by atoms with Crippen molar-refractivity contribution in [2.24, 2.45) is 0 Å². The summed E-state index contributed by atoms with van der Waals surface area (Å²) in [5.74, 6) is -0.263. The van der Waals surface area contributed by atoms with Gasteiger partial charge in [0.1, 0.15) is 5.58 Å². The van der Waals surface area contributed by atoms with E-state index in [1.54, 1.807) is 19.1 Å². The van der Waals surface area contributed by atoms with Crippen molar-refractivity contribution in [1.82, 2.24) is 4.31 Å². The number of nitro groups is 1. The normalized spacial score (nSPS) is 11.2. The molecule has 3 aromatic carbocycles. The number of carbonyl (C=O) groups excluding carboxylic acids is 1. The van der Waals surface area contributed by atoms with E-state index in [2.05, 4.69) is 16.4 Å². The van der Waals surface area contributed by atoms with Gasteiger partial charge in [-0.1, -0.05) is 48.5 Å². The maximum atomic E-state index is 12.2. The second kappa shape index (κ2) is 11.2. The molecule has 0 spiro atoms. The highest BCUT2D eigenvalue weighted by Crippen LogP contribution is 2.33. The summed E-state index contributed by atoms with van der Waals surface area (Å²) in [5.41, 5.74) is 3.31. The molecular formula is C27H26N2O5S. The zero-order chi connectivity index (χ0) is 24.8. The number of fused-ring (bicyclic) bond motifs is 1. The summed E-state index contributed by atoms with van der Waals surface area (Å²) in [6.07, 6.45) is 0.800. The monoisotopic (exact) mass is 490 g/mol. The van der Waals surface area contributed by atoms with E-state index >= 15 is 0 Å². The molecule has 180 valence electrons. The summed E-state index contributed by atoms with van der Waals surface area (Å²) in [6, 6.07) is 22.7. The number of nitrogens with zero attached hydrogens (tertiary/aromatic N) is 2. The standard InChI is InChI=1S/C27H26N2O5S/c1-3-33-27(30)26-19(2)23-17-22(13-14-25(23)34-26)35-28(16-15-20-9-5-4-6-10-20)18-21-11-7-8-12-24(21)29(31)32/h4-14,17H,3,15-16,18H2,1-2H3. The van der Waals surface area contributed by atoms with Crippen LogP contribution in [0.15, 0.2) is 82.1 Å². The van der Waals surface area contributed by atoms with Crippen molar-refractivity contribution in [3.05, 3.63) is 105 Å². The number of hydrogen-bond acceptors (Lipinski definition) is 7. The first-order chi connectivity index (χ1) is 17.0. The number of rotatable bonds is 10. The van der Waals surface area contributed by atoms with Crippen LogP contribution in [0.3, 0.4) is 0 Å². The molecule has 0 atom stereocenters. The molecule has 0 aliphatic heterocycles. The molecule has 0 fully saturated rings. The highest BCUT2D eigenvalue weighted by molar-refractivity contribution is 7.97. The number of carbonyl (C=O) groups is 1. The van der Waals surface area contributed by atoms with Crippen molar-refractivity contribution in [1.29, 1.82) is 0 Å². The van der Waals surface area contributed by atoms with Crippen LogP contribution in [0.2, 0.25) is 0 Å². The van der Waals surface area contributed by atoms with Gasteiger partial charge in [-0.3, -0.25) is 10.1 Å². The number of hydrogen-bond donors (Lipinski definition) is 0. The summed E-state index contributed by atoms with van der Waals surface area (Å²) in [4.78, 5) is 24.4. The lowest BCUT2D eigenvalue weighted by Crippen LogP contribution is -2.19. The largest absolute Gasteiger partial charge is 0.460 e. The first-order valence-corrected chi connectivity index (χ1v) is 12.1. The van der Waals surface area contributed by atoms with Crippen molar-refractivity contribution < 1.29 is 18.9 Å². The Kier molecular flexibility index (Phi) is 7.84. The van der Waals surface area contributed by atoms with E-state index in [0.717, 1.165) is 22.3 Å². The molecule has 0 aliphatic carbocycles. The number of nitro benzene ring substituents is 1. The third-order valence-electron chi connectivity index (χ3n) is 5.63. The quantitative estimate of drug-likeness (QED) is 0.107. The summed E-state index contributed by atoms with van der Waals surface area (Å²) >= 11 is 1.53. The SMILES string of the molecule is CCOC(=O)c1oc2ccc(SN(CCc3ccccc3)Cc3ccccc3[N+](=O)[O-])cc2c1C. The molecule has 0 aliphatic rings. The van der Waals surface area contributed by atoms with Crippen LogP contribution in [0.1, 0.15) is 34.2 Å². The minimum absolute atomic E-state index is 0.109. The Hall–Kier alpha value is -3.62. The van der Waals surface area contributed by atoms with Crippen LogP contribution in [0, 0.1) is 17.0 Å². The summed E-state index contributed by atoms with van der Waals surface area (Å²) in [5, 5.41) is 12.4. The number of esters is 1. The minimum Gasteiger partial charge on any atom is -0.460 e. The Morgan fingerprint density at radius 1 is 1.09 bits per heavy atom. The van der Waals surface area contributed by atoms with Crippen LogP contribution in [0.4, 0.5) is 5.69 Å². The molecule has 0 N–H and O–H groups in total. The second-order valence-electron chi connectivity index (χ2n) is 8.01. The van der Waals surface area contributed by atoms with E-state index in [-0.39, 0.29) is 23.0 Å². The maximum absolute atomic E-state index is 12.2. The van der Waals surface area contributed by atoms with E-state index in [1.165, 1.54) is 23.6 Å². The van der Waals surface area contributed by atoms with E-state index in [9.17, 15) is 14.9 Å². The van der Waals surface area contributed by atoms with Gasteiger partial charge in [0.05, 0.1) is 11.5 Å². The van der Waals surface area contributed by atoms with Gasteiger partial charge >= 0.3 is 5.97 Å². The third-order valence-corrected chi connectivity index (χ3v) is 6.67. The molecule has 35 heavy (non-hydrogen) atoms. The predicted molar refractivity (Wildman–Crippen MR) is 136 cm³/mol. The fourth-order valence-electron chi connectivity index (χ4n) is 3.87. The van der Waals surface area contributed by atoms with E-state index in [1.807, 2.05) is 49.4 Å². The van der Waals surface area contributed by atoms with Gasteiger partial charge in [0, 0.05) is 40.6 Å². The Balaban J connectivity index is 1.61. The molecule has 0 saturated carbocycles. The van der Waals surface area contributed by atoms with Crippen molar-refractivity contribution in [2.45, 2.75) is 31.7 Å². The van der Waals surface area contributed by atoms with E-state index in [0.29, 0.717) is 24.2 Å². The molecule has 0 unspecified atom stereocenters. The molecule has 4 aromatic rings. The Morgan fingerprint density at radius 2 is 1.83 bits per heavy atom. The fourth-order valence-corrected chi connectivity index (χ4v) is 4.85. The summed E-state index contributed by atoms with van der Waals surface area (Å²) < 4.78 is 13.0. The van der Waals surface area contributed by atoms with Crippen molar-refractivity contribution >= 4 is 34.6 Å². The smallest absolute Gasteiger partial charge is 0.374 e. The highest BCUT2D eigenvalue weighted by Gasteiger charge is 2.20. The molecule has 0 amide bonds. The van der Waals surface area contributed by atoms with Crippen molar-refractivity contribution in [3.63, 3.8) is 0 Å². The van der Waals surface area contributed by atoms with Gasteiger partial charge in [0.2, 0.25) is 5.76 Å². The second-order valence-corrected chi connectivity index (χ2v) is 9.18. The van der Waals surface area contributed by atoms with Crippen LogP contribution in [-0.2, 0) is 17.7 Å². The number of ether oxygens (including phenoxy) is 1. The average molecular weight is 491 g/mol. The van der Waals surface area contributed by atoms with Crippen molar-refractivity contribution in [2.75, 3.05) is 13.2 Å². The first-order valence-electron chi connectivity index (χ1n) is 11.4. The first kappa shape index (κ1) is 24.5. The van der Waals surface area contributed by atoms with Gasteiger partial charge in [-0.15, -0.1) is 0 Å². The predicted octanol–water partition coefficient (Wildman–Crippen LogP) is 6.58. The summed E-state index contributed by atoms with van der Waals surface area (Å²) in [6.45, 7) is 4.97. The molecule has 0 saturated heterocycles. The zero-order valence-corrected chi connectivity index (χ0v) is 20.4. The van der Waals surface area contributed by atoms with E-state index in [4.69, 9.17) is 9.15 Å². The van der Waals surface area contributed by atoms with Crippen LogP contribution in [0.25, 0.3) is 11.0 Å². The van der Waals surface area contributed by atoms with Gasteiger partial charge in [-0.05, 0) is 56.0 Å². The molecule has 1 heterocycles. The van der Waals surface area contributed by atoms with Crippen LogP contribution >= 0.6 is 11.9 Å². The lowest BCUT2D eigenvalue weighted by atomic mass is 10.1. The fraction of sp³-hybridized carbons (Fsp3) is 0.222. The average Bonchev–Trinajstić information content (AvgIpc) is 3.19. The van der Waals surface area contributed by atoms with Crippen molar-refractivity contribution in [3.8, 4) is 0 Å². The number of benzene rings is 3. The van der Waals surface area contributed by atoms with Crippen LogP contribution < -0.4 is 0 Å². The molecule has 1 aromatic heterocycles. The van der Waals surface area contributed by atoms with E-state index < -0.39 is 5.97 Å². The molecule has 8 heteroatoms. The molecule has 7 nitrogen and oxygen atoms in total. The van der Waals surface area contributed by atoms with Gasteiger partial charge in [-0.2, -0.15) is 0 Å². The van der Waals surface area contributed by atoms with Crippen LogP contribution in [0.5, 0.6) is 0 Å². The Bertz CT molecular complexity index is 1340. The summed E-state index contributed by atoms with van der Waals surface area (Å²) in [7, 11) is 0.